The Bertz CT molecular complexity index is 199. The van der Waals surface area contributed by atoms with Crippen molar-refractivity contribution in [2.24, 2.45) is 0 Å². The average molecular weight is 270 g/mol. The van der Waals surface area contributed by atoms with E-state index in [2.05, 4.69) is 14.0 Å². The average Bonchev–Trinajstić information content (AvgIpc) is 2.42. The Labute approximate surface area is 121 Å². The lowest BCUT2D eigenvalue weighted by Gasteiger charge is -2.37. The molecule has 0 atom stereocenters. The van der Waals surface area contributed by atoms with Gasteiger partial charge in [0.25, 0.3) is 0 Å². The van der Waals surface area contributed by atoms with E-state index in [1.807, 2.05) is 0 Å². The van der Waals surface area contributed by atoms with Crippen LogP contribution in [0.4, 0.5) is 0 Å². The Hall–Kier alpha value is -0.0800. The molecule has 0 radical (unpaired) electrons. The van der Waals surface area contributed by atoms with Crippen molar-refractivity contribution >= 4 is 0 Å². The summed E-state index contributed by atoms with van der Waals surface area (Å²) in [6, 6.07) is 0. The molecule has 1 rings (SSSR count). The van der Waals surface area contributed by atoms with E-state index in [9.17, 15) is 0 Å². The summed E-state index contributed by atoms with van der Waals surface area (Å²) < 4.78 is 6.70. The molecule has 0 bridgehead atoms. The van der Waals surface area contributed by atoms with E-state index in [1.54, 1.807) is 0 Å². The maximum absolute atomic E-state index is 5.45. The second-order valence-electron chi connectivity index (χ2n) is 6.58. The van der Waals surface area contributed by atoms with E-state index in [4.69, 9.17) is 4.74 Å². The van der Waals surface area contributed by atoms with Crippen molar-refractivity contribution in [3.8, 4) is 0 Å². The maximum atomic E-state index is 5.45. The summed E-state index contributed by atoms with van der Waals surface area (Å²) in [5.41, 5.74) is 0. The Kier molecular flexibility index (Phi) is 9.54. The van der Waals surface area contributed by atoms with Crippen molar-refractivity contribution in [1.29, 1.82) is 0 Å². The first-order valence-corrected chi connectivity index (χ1v) is 8.68. The summed E-state index contributed by atoms with van der Waals surface area (Å²) >= 11 is 0. The van der Waals surface area contributed by atoms with Gasteiger partial charge in [0.15, 0.2) is 0 Å². The van der Waals surface area contributed by atoms with Gasteiger partial charge >= 0.3 is 0 Å². The van der Waals surface area contributed by atoms with Gasteiger partial charge in [0.05, 0.1) is 26.8 Å². The standard InChI is InChI=1S/C17H36NO/c1-3-4-5-6-7-8-9-10-11-12-13-18(2)14-16-19-17-15-18/h3-17H2,1-2H3/q+1. The lowest BCUT2D eigenvalue weighted by Crippen LogP contribution is -2.52. The number of likely N-dealkylation sites (N-methyl/N-ethyl adjacent to an activating group) is 1. The van der Waals surface area contributed by atoms with Gasteiger partial charge in [-0.2, -0.15) is 0 Å². The number of rotatable bonds is 11. The van der Waals surface area contributed by atoms with Gasteiger partial charge in [-0.15, -0.1) is 0 Å². The Morgan fingerprint density at radius 2 is 1.21 bits per heavy atom. The van der Waals surface area contributed by atoms with Crippen LogP contribution in [0.15, 0.2) is 0 Å². The van der Waals surface area contributed by atoms with Crippen LogP contribution in [-0.2, 0) is 4.74 Å². The van der Waals surface area contributed by atoms with Crippen LogP contribution in [0.3, 0.4) is 0 Å². The molecule has 0 aliphatic carbocycles. The molecule has 2 heteroatoms. The largest absolute Gasteiger partial charge is 0.370 e. The van der Waals surface area contributed by atoms with E-state index in [0.29, 0.717) is 0 Å². The summed E-state index contributed by atoms with van der Waals surface area (Å²) in [7, 11) is 2.40. The van der Waals surface area contributed by atoms with E-state index in [1.165, 1.54) is 88.3 Å². The quantitative estimate of drug-likeness (QED) is 0.400. The summed E-state index contributed by atoms with van der Waals surface area (Å²) in [5, 5.41) is 0. The molecule has 0 aromatic carbocycles. The van der Waals surface area contributed by atoms with Gasteiger partial charge in [-0.3, -0.25) is 0 Å². The van der Waals surface area contributed by atoms with Crippen molar-refractivity contribution < 1.29 is 9.22 Å². The Morgan fingerprint density at radius 1 is 0.737 bits per heavy atom. The minimum absolute atomic E-state index is 0.967. The molecule has 2 nitrogen and oxygen atoms in total. The normalized spacial score (nSPS) is 18.6. The van der Waals surface area contributed by atoms with Crippen molar-refractivity contribution in [3.63, 3.8) is 0 Å². The van der Waals surface area contributed by atoms with Crippen LogP contribution in [-0.4, -0.2) is 44.4 Å². The molecule has 0 N–H and O–H groups in total. The fourth-order valence-corrected chi connectivity index (χ4v) is 2.99. The van der Waals surface area contributed by atoms with E-state index < -0.39 is 0 Å². The third kappa shape index (κ3) is 8.65. The molecule has 0 unspecified atom stereocenters. The minimum Gasteiger partial charge on any atom is -0.370 e. The van der Waals surface area contributed by atoms with Crippen LogP contribution in [0.5, 0.6) is 0 Å². The predicted molar refractivity (Wildman–Crippen MR) is 83.4 cm³/mol. The number of ether oxygens (including phenoxy) is 1. The summed E-state index contributed by atoms with van der Waals surface area (Å²) in [4.78, 5) is 0. The smallest absolute Gasteiger partial charge is 0.102 e. The first kappa shape index (κ1) is 17.0. The van der Waals surface area contributed by atoms with Crippen molar-refractivity contribution in [1.82, 2.24) is 0 Å². The predicted octanol–water partition coefficient (Wildman–Crippen LogP) is 4.38. The summed E-state index contributed by atoms with van der Waals surface area (Å²) in [5.74, 6) is 0. The second-order valence-corrected chi connectivity index (χ2v) is 6.58. The third-order valence-corrected chi connectivity index (χ3v) is 4.60. The molecule has 19 heavy (non-hydrogen) atoms. The molecule has 1 fully saturated rings. The molecule has 0 spiro atoms. The minimum atomic E-state index is 0.967. The van der Waals surface area contributed by atoms with Crippen molar-refractivity contribution in [3.05, 3.63) is 0 Å². The number of hydrogen-bond donors (Lipinski definition) is 0. The van der Waals surface area contributed by atoms with Gasteiger partial charge in [-0.1, -0.05) is 58.3 Å². The Balaban J connectivity index is 1.83. The van der Waals surface area contributed by atoms with Gasteiger partial charge in [-0.25, -0.2) is 0 Å². The number of hydrogen-bond acceptors (Lipinski definition) is 1. The SMILES string of the molecule is CCCCCCCCCCCC[N+]1(C)CCOCC1. The van der Waals surface area contributed by atoms with Crippen molar-refractivity contribution in [2.75, 3.05) is 39.9 Å². The summed E-state index contributed by atoms with van der Waals surface area (Å²) in [6.07, 6.45) is 14.4. The van der Waals surface area contributed by atoms with Gasteiger partial charge in [0, 0.05) is 0 Å². The van der Waals surface area contributed by atoms with Crippen LogP contribution >= 0.6 is 0 Å². The first-order chi connectivity index (χ1) is 9.27. The highest BCUT2D eigenvalue weighted by molar-refractivity contribution is 4.50. The monoisotopic (exact) mass is 270 g/mol. The molecule has 0 aromatic rings. The first-order valence-electron chi connectivity index (χ1n) is 8.68. The fourth-order valence-electron chi connectivity index (χ4n) is 2.99. The molecule has 0 saturated carbocycles. The molecule has 0 amide bonds. The van der Waals surface area contributed by atoms with Gasteiger partial charge in [0.2, 0.25) is 0 Å². The van der Waals surface area contributed by atoms with Gasteiger partial charge in [0.1, 0.15) is 13.1 Å². The van der Waals surface area contributed by atoms with Crippen LogP contribution < -0.4 is 0 Å². The lowest BCUT2D eigenvalue weighted by molar-refractivity contribution is -0.917. The van der Waals surface area contributed by atoms with Crippen LogP contribution in [0.25, 0.3) is 0 Å². The lowest BCUT2D eigenvalue weighted by atomic mass is 10.1. The zero-order valence-corrected chi connectivity index (χ0v) is 13.5. The molecule has 1 saturated heterocycles. The third-order valence-electron chi connectivity index (χ3n) is 4.60. The van der Waals surface area contributed by atoms with Crippen LogP contribution in [0.1, 0.15) is 71.1 Å². The topological polar surface area (TPSA) is 9.23 Å². The van der Waals surface area contributed by atoms with Gasteiger partial charge in [-0.05, 0) is 12.8 Å². The molecule has 1 aliphatic rings. The molecular weight excluding hydrogens is 234 g/mol. The number of morpholine rings is 1. The summed E-state index contributed by atoms with van der Waals surface area (Å²) in [6.45, 7) is 8.02. The van der Waals surface area contributed by atoms with E-state index in [0.717, 1.165) is 13.2 Å². The molecule has 1 aliphatic heterocycles. The number of unbranched alkanes of at least 4 members (excludes halogenated alkanes) is 9. The molecule has 1 heterocycles. The zero-order valence-electron chi connectivity index (χ0n) is 13.5. The molecule has 0 aromatic heterocycles. The van der Waals surface area contributed by atoms with Crippen LogP contribution in [0.2, 0.25) is 0 Å². The second kappa shape index (κ2) is 10.7. The molecular formula is C17H36NO+. The van der Waals surface area contributed by atoms with Crippen LogP contribution in [0, 0.1) is 0 Å². The van der Waals surface area contributed by atoms with E-state index in [-0.39, 0.29) is 0 Å². The molecule has 114 valence electrons. The fraction of sp³-hybridized carbons (Fsp3) is 1.00. The highest BCUT2D eigenvalue weighted by Crippen LogP contribution is 2.13. The highest BCUT2D eigenvalue weighted by atomic mass is 16.5. The maximum Gasteiger partial charge on any atom is 0.102 e. The Morgan fingerprint density at radius 3 is 1.74 bits per heavy atom. The number of quaternary nitrogens is 1. The highest BCUT2D eigenvalue weighted by Gasteiger charge is 2.23. The van der Waals surface area contributed by atoms with E-state index >= 15 is 0 Å². The van der Waals surface area contributed by atoms with Crippen molar-refractivity contribution in [2.45, 2.75) is 71.1 Å². The number of nitrogens with zero attached hydrogens (tertiary/aromatic N) is 1. The van der Waals surface area contributed by atoms with Gasteiger partial charge < -0.3 is 9.22 Å². The zero-order chi connectivity index (χ0) is 13.8.